The fourth-order valence-electron chi connectivity index (χ4n) is 2.25. The van der Waals surface area contributed by atoms with Crippen LogP contribution in [0.1, 0.15) is 6.42 Å². The molecule has 0 saturated carbocycles. The summed E-state index contributed by atoms with van der Waals surface area (Å²) in [6, 6.07) is 0. The van der Waals surface area contributed by atoms with E-state index in [1.54, 1.807) is 5.01 Å². The number of carbonyl (C=O) groups is 5. The summed E-state index contributed by atoms with van der Waals surface area (Å²) in [6.45, 7) is -0.116. The van der Waals surface area contributed by atoms with Crippen molar-refractivity contribution < 1.29 is 39.3 Å². The van der Waals surface area contributed by atoms with Gasteiger partial charge in [0.2, 0.25) is 0 Å². The van der Waals surface area contributed by atoms with Crippen molar-refractivity contribution in [2.75, 3.05) is 58.9 Å². The number of aldehydes is 2. The highest BCUT2D eigenvalue weighted by Crippen LogP contribution is 1.96. The molecule has 0 saturated heterocycles. The second-order valence-corrected chi connectivity index (χ2v) is 5.64. The van der Waals surface area contributed by atoms with Gasteiger partial charge >= 0.3 is 17.9 Å². The maximum Gasteiger partial charge on any atom is 0.317 e. The van der Waals surface area contributed by atoms with Gasteiger partial charge in [-0.25, -0.2) is 10.4 Å². The number of aliphatic carboxylic acids is 3. The Hall–Kier alpha value is -2.41. The first-order chi connectivity index (χ1) is 12.8. The van der Waals surface area contributed by atoms with Crippen LogP contribution in [-0.4, -0.2) is 120 Å². The molecular weight excluding hydrogens is 364 g/mol. The lowest BCUT2D eigenvalue weighted by atomic mass is 10.3. The standard InChI is InChI=1S/C15H26N4O8/c20-8-1-3-19(16-2-9-21)7-6-17(10-13(22)23)4-5-18(11-14(24)25)12-15(26)27/h8-9,16H,1-7,10-12H2,(H,22,23)(H,24,25)(H,26,27). The van der Waals surface area contributed by atoms with Crippen molar-refractivity contribution in [3.63, 3.8) is 0 Å². The SMILES string of the molecule is O=CCCN(CCN(CCN(CC(=O)O)CC(=O)O)CC(=O)O)NCC=O. The summed E-state index contributed by atoms with van der Waals surface area (Å²) < 4.78 is 0. The maximum absolute atomic E-state index is 11.0. The Balaban J connectivity index is 4.74. The van der Waals surface area contributed by atoms with Crippen LogP contribution in [0.4, 0.5) is 0 Å². The van der Waals surface area contributed by atoms with E-state index < -0.39 is 31.0 Å². The third-order valence-corrected chi connectivity index (χ3v) is 3.41. The van der Waals surface area contributed by atoms with Crippen molar-refractivity contribution in [3.05, 3.63) is 0 Å². The van der Waals surface area contributed by atoms with Gasteiger partial charge in [-0.2, -0.15) is 0 Å². The lowest BCUT2D eigenvalue weighted by Gasteiger charge is -2.28. The monoisotopic (exact) mass is 390 g/mol. The number of rotatable bonds is 18. The summed E-state index contributed by atoms with van der Waals surface area (Å²) in [5.41, 5.74) is 2.80. The Morgan fingerprint density at radius 2 is 1.19 bits per heavy atom. The first-order valence-electron chi connectivity index (χ1n) is 8.24. The topological polar surface area (TPSA) is 168 Å². The summed E-state index contributed by atoms with van der Waals surface area (Å²) in [4.78, 5) is 56.4. The average Bonchev–Trinajstić information content (AvgIpc) is 2.56. The number of nitrogens with one attached hydrogen (secondary N) is 1. The molecule has 0 aliphatic carbocycles. The molecule has 0 radical (unpaired) electrons. The van der Waals surface area contributed by atoms with Gasteiger partial charge in [0, 0.05) is 39.1 Å². The summed E-state index contributed by atoms with van der Waals surface area (Å²) in [5.74, 6) is -3.45. The van der Waals surface area contributed by atoms with E-state index in [1.807, 2.05) is 0 Å². The van der Waals surface area contributed by atoms with Crippen LogP contribution in [0.3, 0.4) is 0 Å². The van der Waals surface area contributed by atoms with Crippen molar-refractivity contribution in [2.45, 2.75) is 6.42 Å². The zero-order valence-corrected chi connectivity index (χ0v) is 15.0. The predicted molar refractivity (Wildman–Crippen MR) is 92.1 cm³/mol. The largest absolute Gasteiger partial charge is 0.480 e. The molecule has 0 heterocycles. The summed E-state index contributed by atoms with van der Waals surface area (Å²) in [7, 11) is 0. The van der Waals surface area contributed by atoms with E-state index in [0.29, 0.717) is 19.4 Å². The smallest absolute Gasteiger partial charge is 0.317 e. The number of hydrogen-bond acceptors (Lipinski definition) is 9. The molecule has 0 rings (SSSR count). The van der Waals surface area contributed by atoms with Gasteiger partial charge in [-0.15, -0.1) is 0 Å². The molecule has 0 aromatic carbocycles. The summed E-state index contributed by atoms with van der Waals surface area (Å²) >= 11 is 0. The van der Waals surface area contributed by atoms with Gasteiger partial charge in [-0.3, -0.25) is 24.2 Å². The molecular formula is C15H26N4O8. The Kier molecular flexibility index (Phi) is 13.4. The van der Waals surface area contributed by atoms with Gasteiger partial charge in [0.05, 0.1) is 26.2 Å². The van der Waals surface area contributed by atoms with Gasteiger partial charge in [-0.05, 0) is 0 Å². The molecule has 27 heavy (non-hydrogen) atoms. The van der Waals surface area contributed by atoms with E-state index in [-0.39, 0.29) is 39.1 Å². The van der Waals surface area contributed by atoms with Gasteiger partial charge in [0.1, 0.15) is 12.6 Å². The molecule has 154 valence electrons. The van der Waals surface area contributed by atoms with E-state index >= 15 is 0 Å². The van der Waals surface area contributed by atoms with Crippen LogP contribution in [0, 0.1) is 0 Å². The van der Waals surface area contributed by atoms with Gasteiger partial charge in [0.15, 0.2) is 0 Å². The molecule has 0 spiro atoms. The first kappa shape index (κ1) is 24.6. The number of carboxylic acid groups (broad SMARTS) is 3. The minimum absolute atomic E-state index is 0.0444. The Labute approximate surface area is 156 Å². The summed E-state index contributed by atoms with van der Waals surface area (Å²) in [5, 5.41) is 28.3. The van der Waals surface area contributed by atoms with Crippen LogP contribution in [0.5, 0.6) is 0 Å². The molecule has 12 nitrogen and oxygen atoms in total. The minimum Gasteiger partial charge on any atom is -0.480 e. The highest BCUT2D eigenvalue weighted by atomic mass is 16.4. The summed E-state index contributed by atoms with van der Waals surface area (Å²) in [6.07, 6.45) is 1.61. The van der Waals surface area contributed by atoms with E-state index in [0.717, 1.165) is 6.29 Å². The Morgan fingerprint density at radius 3 is 1.67 bits per heavy atom. The molecule has 0 aliphatic rings. The zero-order valence-electron chi connectivity index (χ0n) is 15.0. The van der Waals surface area contributed by atoms with Gasteiger partial charge in [0.25, 0.3) is 0 Å². The van der Waals surface area contributed by atoms with Crippen LogP contribution in [0.2, 0.25) is 0 Å². The van der Waals surface area contributed by atoms with E-state index in [4.69, 9.17) is 15.3 Å². The Bertz CT molecular complexity index is 474. The molecule has 0 aliphatic heterocycles. The molecule has 0 fully saturated rings. The molecule has 0 atom stereocenters. The van der Waals surface area contributed by atoms with Crippen LogP contribution in [-0.2, 0) is 24.0 Å². The maximum atomic E-state index is 11.0. The minimum atomic E-state index is -1.18. The second kappa shape index (κ2) is 14.7. The van der Waals surface area contributed by atoms with Crippen molar-refractivity contribution >= 4 is 30.5 Å². The zero-order chi connectivity index (χ0) is 20.7. The van der Waals surface area contributed by atoms with E-state index in [1.165, 1.54) is 9.80 Å². The van der Waals surface area contributed by atoms with Crippen molar-refractivity contribution in [2.24, 2.45) is 0 Å². The third kappa shape index (κ3) is 14.4. The number of hydrazine groups is 1. The first-order valence-corrected chi connectivity index (χ1v) is 8.24. The average molecular weight is 390 g/mol. The molecule has 0 amide bonds. The normalized spacial score (nSPS) is 11.1. The highest BCUT2D eigenvalue weighted by molar-refractivity contribution is 5.72. The lowest BCUT2D eigenvalue weighted by molar-refractivity contribution is -0.143. The van der Waals surface area contributed by atoms with Crippen LogP contribution < -0.4 is 5.43 Å². The molecule has 0 aromatic rings. The lowest BCUT2D eigenvalue weighted by Crippen LogP contribution is -2.47. The molecule has 0 bridgehead atoms. The number of carbonyl (C=O) groups excluding carboxylic acids is 2. The van der Waals surface area contributed by atoms with Crippen LogP contribution >= 0.6 is 0 Å². The van der Waals surface area contributed by atoms with Crippen LogP contribution in [0.25, 0.3) is 0 Å². The number of carboxylic acids is 3. The molecule has 0 unspecified atom stereocenters. The van der Waals surface area contributed by atoms with Gasteiger partial charge < -0.3 is 24.9 Å². The highest BCUT2D eigenvalue weighted by Gasteiger charge is 2.17. The fraction of sp³-hybridized carbons (Fsp3) is 0.667. The Morgan fingerprint density at radius 1 is 0.704 bits per heavy atom. The fourth-order valence-corrected chi connectivity index (χ4v) is 2.25. The van der Waals surface area contributed by atoms with Crippen LogP contribution in [0.15, 0.2) is 0 Å². The van der Waals surface area contributed by atoms with Crippen molar-refractivity contribution in [1.82, 2.24) is 20.2 Å². The number of nitrogens with zero attached hydrogens (tertiary/aromatic N) is 3. The van der Waals surface area contributed by atoms with Crippen molar-refractivity contribution in [3.8, 4) is 0 Å². The predicted octanol–water partition coefficient (Wildman–Crippen LogP) is -2.56. The number of hydrogen-bond donors (Lipinski definition) is 4. The molecule has 12 heteroatoms. The quantitative estimate of drug-likeness (QED) is 0.143. The second-order valence-electron chi connectivity index (χ2n) is 5.64. The van der Waals surface area contributed by atoms with Gasteiger partial charge in [-0.1, -0.05) is 0 Å². The third-order valence-electron chi connectivity index (χ3n) is 3.41. The van der Waals surface area contributed by atoms with E-state index in [2.05, 4.69) is 5.43 Å². The van der Waals surface area contributed by atoms with E-state index in [9.17, 15) is 24.0 Å². The molecule has 0 aromatic heterocycles. The van der Waals surface area contributed by atoms with Crippen molar-refractivity contribution in [1.29, 1.82) is 0 Å². The molecule has 4 N–H and O–H groups in total.